The number of nitrogens with one attached hydrogen (secondary N) is 1. The van der Waals surface area contributed by atoms with Crippen LogP contribution in [-0.4, -0.2) is 30.8 Å². The van der Waals surface area contributed by atoms with E-state index in [4.69, 9.17) is 9.47 Å². The third kappa shape index (κ3) is 2.39. The number of pyridine rings is 1. The van der Waals surface area contributed by atoms with Crippen molar-refractivity contribution in [3.05, 3.63) is 18.3 Å². The van der Waals surface area contributed by atoms with Crippen LogP contribution in [0.25, 0.3) is 0 Å². The van der Waals surface area contributed by atoms with Crippen LogP contribution in [0, 0.1) is 0 Å². The Kier molecular flexibility index (Phi) is 3.06. The van der Waals surface area contributed by atoms with Crippen molar-refractivity contribution in [1.29, 1.82) is 0 Å². The normalized spacial score (nSPS) is 25.2. The summed E-state index contributed by atoms with van der Waals surface area (Å²) in [6.07, 6.45) is 3.01. The van der Waals surface area contributed by atoms with Crippen molar-refractivity contribution in [3.63, 3.8) is 0 Å². The molecule has 0 aromatic carbocycles. The first kappa shape index (κ1) is 10.2. The van der Waals surface area contributed by atoms with Gasteiger partial charge in [0.15, 0.2) is 0 Å². The van der Waals surface area contributed by atoms with Crippen LogP contribution >= 0.6 is 0 Å². The van der Waals surface area contributed by atoms with E-state index in [0.29, 0.717) is 6.04 Å². The van der Waals surface area contributed by atoms with Crippen LogP contribution in [0.3, 0.4) is 0 Å². The Bertz CT molecular complexity index is 330. The maximum Gasteiger partial charge on any atom is 0.129 e. The van der Waals surface area contributed by atoms with Gasteiger partial charge in [-0.05, 0) is 19.4 Å². The third-order valence-electron chi connectivity index (χ3n) is 2.68. The maximum absolute atomic E-state index is 5.47. The zero-order valence-corrected chi connectivity index (χ0v) is 9.06. The predicted octanol–water partition coefficient (Wildman–Crippen LogP) is 1.68. The number of ether oxygens (including phenoxy) is 2. The Balaban J connectivity index is 2.03. The lowest BCUT2D eigenvalue weighted by Gasteiger charge is -2.16. The van der Waals surface area contributed by atoms with Crippen molar-refractivity contribution in [3.8, 4) is 5.75 Å². The lowest BCUT2D eigenvalue weighted by molar-refractivity contribution is 0.121. The lowest BCUT2D eigenvalue weighted by atomic mass is 10.1. The van der Waals surface area contributed by atoms with Crippen LogP contribution in [0.2, 0.25) is 0 Å². The molecule has 1 aromatic rings. The van der Waals surface area contributed by atoms with Crippen LogP contribution < -0.4 is 10.1 Å². The van der Waals surface area contributed by atoms with Crippen molar-refractivity contribution in [2.45, 2.75) is 25.5 Å². The lowest BCUT2D eigenvalue weighted by Crippen LogP contribution is -2.27. The molecule has 4 heteroatoms. The Morgan fingerprint density at radius 2 is 2.47 bits per heavy atom. The van der Waals surface area contributed by atoms with Gasteiger partial charge in [-0.1, -0.05) is 0 Å². The van der Waals surface area contributed by atoms with Crippen molar-refractivity contribution < 1.29 is 9.47 Å². The summed E-state index contributed by atoms with van der Waals surface area (Å²) in [4.78, 5) is 4.24. The van der Waals surface area contributed by atoms with Gasteiger partial charge >= 0.3 is 0 Å². The molecule has 82 valence electrons. The van der Waals surface area contributed by atoms with E-state index < -0.39 is 0 Å². The number of rotatable bonds is 3. The van der Waals surface area contributed by atoms with Crippen molar-refractivity contribution >= 4 is 5.82 Å². The van der Waals surface area contributed by atoms with Gasteiger partial charge in [0, 0.05) is 18.9 Å². The number of aromatic nitrogens is 1. The van der Waals surface area contributed by atoms with E-state index in [2.05, 4.69) is 17.2 Å². The molecule has 2 atom stereocenters. The van der Waals surface area contributed by atoms with Crippen molar-refractivity contribution in [2.24, 2.45) is 0 Å². The number of hydrogen-bond acceptors (Lipinski definition) is 4. The number of hydrogen-bond donors (Lipinski definition) is 1. The highest BCUT2D eigenvalue weighted by Crippen LogP contribution is 2.20. The second-order valence-corrected chi connectivity index (χ2v) is 3.70. The molecule has 1 aliphatic heterocycles. The standard InChI is InChI=1S/C11H16N2O2/c1-8-10(4-6-15-8)13-11-7-9(14-2)3-5-12-11/h3,5,7-8,10H,4,6H2,1-2H3,(H,12,13). The molecule has 1 fully saturated rings. The molecule has 1 aromatic heterocycles. The van der Waals surface area contributed by atoms with E-state index in [1.807, 2.05) is 12.1 Å². The highest BCUT2D eigenvalue weighted by atomic mass is 16.5. The summed E-state index contributed by atoms with van der Waals surface area (Å²) in [5, 5.41) is 3.35. The average molecular weight is 208 g/mol. The second-order valence-electron chi connectivity index (χ2n) is 3.70. The number of methoxy groups -OCH3 is 1. The Morgan fingerprint density at radius 1 is 1.60 bits per heavy atom. The molecule has 2 heterocycles. The molecular weight excluding hydrogens is 192 g/mol. The minimum atomic E-state index is 0.248. The molecule has 0 radical (unpaired) electrons. The van der Waals surface area contributed by atoms with Crippen molar-refractivity contribution in [1.82, 2.24) is 4.98 Å². The Morgan fingerprint density at radius 3 is 3.13 bits per heavy atom. The quantitative estimate of drug-likeness (QED) is 0.820. The van der Waals surface area contributed by atoms with E-state index in [1.165, 1.54) is 0 Å². The zero-order chi connectivity index (χ0) is 10.7. The first-order chi connectivity index (χ1) is 7.29. The van der Waals surface area contributed by atoms with Crippen LogP contribution in [0.4, 0.5) is 5.82 Å². The molecule has 0 bridgehead atoms. The summed E-state index contributed by atoms with van der Waals surface area (Å²) in [5.74, 6) is 1.66. The molecular formula is C11H16N2O2. The summed E-state index contributed by atoms with van der Waals surface area (Å²) in [6.45, 7) is 2.90. The van der Waals surface area contributed by atoms with Crippen LogP contribution in [0.1, 0.15) is 13.3 Å². The fraction of sp³-hybridized carbons (Fsp3) is 0.545. The van der Waals surface area contributed by atoms with Crippen LogP contribution in [0.5, 0.6) is 5.75 Å². The number of nitrogens with zero attached hydrogens (tertiary/aromatic N) is 1. The average Bonchev–Trinajstić information content (AvgIpc) is 2.65. The molecule has 0 aliphatic carbocycles. The van der Waals surface area contributed by atoms with E-state index in [-0.39, 0.29) is 6.10 Å². The van der Waals surface area contributed by atoms with Crippen LogP contribution in [-0.2, 0) is 4.74 Å². The van der Waals surface area contributed by atoms with E-state index in [9.17, 15) is 0 Å². The van der Waals surface area contributed by atoms with Crippen LogP contribution in [0.15, 0.2) is 18.3 Å². The summed E-state index contributed by atoms with van der Waals surface area (Å²) >= 11 is 0. The van der Waals surface area contributed by atoms with E-state index in [0.717, 1.165) is 24.6 Å². The molecule has 0 saturated carbocycles. The smallest absolute Gasteiger partial charge is 0.129 e. The fourth-order valence-electron chi connectivity index (χ4n) is 1.73. The van der Waals surface area contributed by atoms with Gasteiger partial charge in [0.05, 0.1) is 19.3 Å². The summed E-state index contributed by atoms with van der Waals surface area (Å²) in [5.41, 5.74) is 0. The Hall–Kier alpha value is -1.29. The number of anilines is 1. The van der Waals surface area contributed by atoms with Gasteiger partial charge in [-0.2, -0.15) is 0 Å². The highest BCUT2D eigenvalue weighted by molar-refractivity contribution is 5.41. The molecule has 2 unspecified atom stereocenters. The van der Waals surface area contributed by atoms with E-state index >= 15 is 0 Å². The zero-order valence-electron chi connectivity index (χ0n) is 9.06. The van der Waals surface area contributed by atoms with Gasteiger partial charge in [0.1, 0.15) is 11.6 Å². The summed E-state index contributed by atoms with van der Waals surface area (Å²) in [6, 6.07) is 4.08. The third-order valence-corrected chi connectivity index (χ3v) is 2.68. The molecule has 0 amide bonds. The van der Waals surface area contributed by atoms with Gasteiger partial charge in [-0.3, -0.25) is 0 Å². The molecule has 1 saturated heterocycles. The molecule has 1 aliphatic rings. The van der Waals surface area contributed by atoms with E-state index in [1.54, 1.807) is 13.3 Å². The van der Waals surface area contributed by atoms with Gasteiger partial charge < -0.3 is 14.8 Å². The topological polar surface area (TPSA) is 43.4 Å². The Labute approximate surface area is 89.6 Å². The molecule has 0 spiro atoms. The van der Waals surface area contributed by atoms with Gasteiger partial charge in [-0.15, -0.1) is 0 Å². The summed E-state index contributed by atoms with van der Waals surface area (Å²) < 4.78 is 10.6. The van der Waals surface area contributed by atoms with Gasteiger partial charge in [-0.25, -0.2) is 4.98 Å². The second kappa shape index (κ2) is 4.49. The minimum absolute atomic E-state index is 0.248. The fourth-order valence-corrected chi connectivity index (χ4v) is 1.73. The molecule has 2 rings (SSSR count). The SMILES string of the molecule is COc1ccnc(NC2CCOC2C)c1. The maximum atomic E-state index is 5.47. The van der Waals surface area contributed by atoms with Crippen molar-refractivity contribution in [2.75, 3.05) is 19.0 Å². The molecule has 1 N–H and O–H groups in total. The first-order valence-corrected chi connectivity index (χ1v) is 5.18. The van der Waals surface area contributed by atoms with Gasteiger partial charge in [0.2, 0.25) is 0 Å². The molecule has 15 heavy (non-hydrogen) atoms. The monoisotopic (exact) mass is 208 g/mol. The minimum Gasteiger partial charge on any atom is -0.497 e. The largest absolute Gasteiger partial charge is 0.497 e. The predicted molar refractivity (Wildman–Crippen MR) is 58.2 cm³/mol. The summed E-state index contributed by atoms with van der Waals surface area (Å²) in [7, 11) is 1.65. The van der Waals surface area contributed by atoms with Gasteiger partial charge in [0.25, 0.3) is 0 Å². The highest BCUT2D eigenvalue weighted by Gasteiger charge is 2.24. The molecule has 4 nitrogen and oxygen atoms in total. The first-order valence-electron chi connectivity index (χ1n) is 5.18.